The number of halogens is 3. The van der Waals surface area contributed by atoms with Gasteiger partial charge in [-0.15, -0.1) is 0 Å². The number of fused-ring (bicyclic) bond motifs is 1. The molecule has 0 amide bonds. The van der Waals surface area contributed by atoms with Gasteiger partial charge in [0.2, 0.25) is 0 Å². The summed E-state index contributed by atoms with van der Waals surface area (Å²) in [5.74, 6) is 0.284. The lowest BCUT2D eigenvalue weighted by Gasteiger charge is -2.31. The standard InChI is InChI=1S/C15H21F3N2O2/c1-14(2,3)19-7-11(21)9-5-4-6-10-13(9)22-8-12(20-10)15(16,17)18/h4-6,11-12,19-21H,7-8H2,1-3H3/t11-,12+/m0/s1. The van der Waals surface area contributed by atoms with E-state index >= 15 is 0 Å². The number of para-hydroxylation sites is 1. The van der Waals surface area contributed by atoms with Crippen LogP contribution >= 0.6 is 0 Å². The predicted molar refractivity (Wildman–Crippen MR) is 78.1 cm³/mol. The zero-order valence-corrected chi connectivity index (χ0v) is 12.8. The Bertz CT molecular complexity index is 526. The van der Waals surface area contributed by atoms with Crippen molar-refractivity contribution in [3.8, 4) is 5.75 Å². The largest absolute Gasteiger partial charge is 0.489 e. The highest BCUT2D eigenvalue weighted by molar-refractivity contribution is 5.62. The zero-order chi connectivity index (χ0) is 16.5. The molecule has 1 heterocycles. The van der Waals surface area contributed by atoms with E-state index in [2.05, 4.69) is 10.6 Å². The highest BCUT2D eigenvalue weighted by Gasteiger charge is 2.43. The summed E-state index contributed by atoms with van der Waals surface area (Å²) in [6.45, 7) is 5.67. The lowest BCUT2D eigenvalue weighted by Crippen LogP contribution is -2.44. The monoisotopic (exact) mass is 318 g/mol. The molecular formula is C15H21F3N2O2. The molecule has 3 N–H and O–H groups in total. The van der Waals surface area contributed by atoms with Crippen molar-refractivity contribution >= 4 is 5.69 Å². The molecule has 0 saturated carbocycles. The molecule has 1 aliphatic rings. The van der Waals surface area contributed by atoms with Crippen LogP contribution in [0.2, 0.25) is 0 Å². The molecule has 0 bridgehead atoms. The van der Waals surface area contributed by atoms with Gasteiger partial charge in [-0.3, -0.25) is 0 Å². The van der Waals surface area contributed by atoms with E-state index in [1.807, 2.05) is 20.8 Å². The first-order valence-electron chi connectivity index (χ1n) is 7.10. The second-order valence-electron chi connectivity index (χ2n) is 6.42. The summed E-state index contributed by atoms with van der Waals surface area (Å²) in [7, 11) is 0. The molecule has 4 nitrogen and oxygen atoms in total. The fraction of sp³-hybridized carbons (Fsp3) is 0.600. The SMILES string of the molecule is CC(C)(C)NC[C@H](O)c1cccc2c1OC[C@H](C(F)(F)F)N2. The van der Waals surface area contributed by atoms with Crippen LogP contribution in [0.1, 0.15) is 32.4 Å². The summed E-state index contributed by atoms with van der Waals surface area (Å²) >= 11 is 0. The van der Waals surface area contributed by atoms with E-state index in [0.717, 1.165) is 0 Å². The number of aliphatic hydroxyl groups excluding tert-OH is 1. The average molecular weight is 318 g/mol. The maximum Gasteiger partial charge on any atom is 0.411 e. The number of ether oxygens (including phenoxy) is 1. The number of anilines is 1. The summed E-state index contributed by atoms with van der Waals surface area (Å²) < 4.78 is 43.5. The van der Waals surface area contributed by atoms with E-state index in [-0.39, 0.29) is 23.5 Å². The Kier molecular flexibility index (Phi) is 4.58. The second-order valence-corrected chi connectivity index (χ2v) is 6.42. The molecule has 0 radical (unpaired) electrons. The second kappa shape index (κ2) is 5.96. The molecule has 2 atom stereocenters. The summed E-state index contributed by atoms with van der Waals surface area (Å²) in [5.41, 5.74) is 0.555. The van der Waals surface area contributed by atoms with Crippen molar-refractivity contribution in [2.24, 2.45) is 0 Å². The van der Waals surface area contributed by atoms with Crippen LogP contribution in [0.15, 0.2) is 18.2 Å². The number of hydrogen-bond donors (Lipinski definition) is 3. The molecule has 0 spiro atoms. The van der Waals surface area contributed by atoms with Crippen molar-refractivity contribution in [2.75, 3.05) is 18.5 Å². The number of nitrogens with one attached hydrogen (secondary N) is 2. The van der Waals surface area contributed by atoms with E-state index in [1.54, 1.807) is 12.1 Å². The van der Waals surface area contributed by atoms with Crippen LogP contribution in [0.25, 0.3) is 0 Å². The fourth-order valence-corrected chi connectivity index (χ4v) is 2.18. The van der Waals surface area contributed by atoms with Gasteiger partial charge in [-0.05, 0) is 26.8 Å². The minimum absolute atomic E-state index is 0.170. The molecule has 1 aromatic carbocycles. The molecule has 124 valence electrons. The highest BCUT2D eigenvalue weighted by Crippen LogP contribution is 2.38. The van der Waals surface area contributed by atoms with Crippen LogP contribution in [-0.4, -0.2) is 36.0 Å². The lowest BCUT2D eigenvalue weighted by molar-refractivity contribution is -0.149. The Morgan fingerprint density at radius 1 is 1.36 bits per heavy atom. The molecule has 7 heteroatoms. The van der Waals surface area contributed by atoms with Crippen molar-refractivity contribution in [3.05, 3.63) is 23.8 Å². The Morgan fingerprint density at radius 2 is 2.05 bits per heavy atom. The zero-order valence-electron chi connectivity index (χ0n) is 12.8. The summed E-state index contributed by atoms with van der Waals surface area (Å²) in [6.07, 6.45) is -5.24. The van der Waals surface area contributed by atoms with Crippen LogP contribution in [0.5, 0.6) is 5.75 Å². The molecule has 1 aromatic rings. The third kappa shape index (κ3) is 4.04. The van der Waals surface area contributed by atoms with Gasteiger partial charge in [0.1, 0.15) is 12.4 Å². The summed E-state index contributed by atoms with van der Waals surface area (Å²) in [6, 6.07) is 3.04. The quantitative estimate of drug-likeness (QED) is 0.802. The first-order valence-corrected chi connectivity index (χ1v) is 7.10. The van der Waals surface area contributed by atoms with Crippen molar-refractivity contribution in [2.45, 2.75) is 44.6 Å². The van der Waals surface area contributed by atoms with Gasteiger partial charge in [-0.25, -0.2) is 0 Å². The van der Waals surface area contributed by atoms with Crippen molar-refractivity contribution in [3.63, 3.8) is 0 Å². The molecule has 0 fully saturated rings. The van der Waals surface area contributed by atoms with E-state index in [9.17, 15) is 18.3 Å². The third-order valence-corrected chi connectivity index (χ3v) is 3.35. The highest BCUT2D eigenvalue weighted by atomic mass is 19.4. The van der Waals surface area contributed by atoms with Crippen LogP contribution in [0, 0.1) is 0 Å². The molecule has 0 unspecified atom stereocenters. The molecule has 2 rings (SSSR count). The Hall–Kier alpha value is -1.47. The van der Waals surface area contributed by atoms with Gasteiger partial charge in [0, 0.05) is 17.6 Å². The van der Waals surface area contributed by atoms with E-state index in [0.29, 0.717) is 5.56 Å². The van der Waals surface area contributed by atoms with E-state index < -0.39 is 24.9 Å². The topological polar surface area (TPSA) is 53.5 Å². The van der Waals surface area contributed by atoms with Crippen LogP contribution in [-0.2, 0) is 0 Å². The van der Waals surface area contributed by atoms with Crippen LogP contribution in [0.4, 0.5) is 18.9 Å². The molecule has 0 aliphatic carbocycles. The Labute approximate surface area is 127 Å². The van der Waals surface area contributed by atoms with Gasteiger partial charge < -0.3 is 20.5 Å². The molecule has 0 saturated heterocycles. The fourth-order valence-electron chi connectivity index (χ4n) is 2.18. The number of alkyl halides is 3. The van der Waals surface area contributed by atoms with Gasteiger partial charge in [-0.1, -0.05) is 12.1 Å². The molecular weight excluding hydrogens is 297 g/mol. The number of aliphatic hydroxyl groups is 1. The van der Waals surface area contributed by atoms with Gasteiger partial charge in [0.25, 0.3) is 0 Å². The Balaban J connectivity index is 2.16. The maximum absolute atomic E-state index is 12.7. The number of rotatable bonds is 3. The van der Waals surface area contributed by atoms with Gasteiger partial charge in [-0.2, -0.15) is 13.2 Å². The van der Waals surface area contributed by atoms with Crippen molar-refractivity contribution in [1.82, 2.24) is 5.32 Å². The van der Waals surface area contributed by atoms with Crippen LogP contribution < -0.4 is 15.4 Å². The third-order valence-electron chi connectivity index (χ3n) is 3.35. The summed E-state index contributed by atoms with van der Waals surface area (Å²) in [4.78, 5) is 0. The minimum Gasteiger partial charge on any atom is -0.489 e. The van der Waals surface area contributed by atoms with Gasteiger partial charge in [0.05, 0.1) is 11.8 Å². The van der Waals surface area contributed by atoms with Crippen molar-refractivity contribution < 1.29 is 23.0 Å². The molecule has 22 heavy (non-hydrogen) atoms. The maximum atomic E-state index is 12.7. The Morgan fingerprint density at radius 3 is 2.64 bits per heavy atom. The van der Waals surface area contributed by atoms with E-state index in [4.69, 9.17) is 4.74 Å². The molecule has 0 aromatic heterocycles. The van der Waals surface area contributed by atoms with Gasteiger partial charge >= 0.3 is 6.18 Å². The normalized spacial score (nSPS) is 19.9. The van der Waals surface area contributed by atoms with E-state index in [1.165, 1.54) is 6.07 Å². The van der Waals surface area contributed by atoms with Crippen LogP contribution in [0.3, 0.4) is 0 Å². The van der Waals surface area contributed by atoms with Gasteiger partial charge in [0.15, 0.2) is 6.04 Å². The molecule has 1 aliphatic heterocycles. The first-order chi connectivity index (χ1) is 10.1. The number of hydrogen-bond acceptors (Lipinski definition) is 4. The smallest absolute Gasteiger partial charge is 0.411 e. The number of benzene rings is 1. The van der Waals surface area contributed by atoms with Crippen molar-refractivity contribution in [1.29, 1.82) is 0 Å². The summed E-state index contributed by atoms with van der Waals surface area (Å²) in [5, 5.41) is 15.9. The lowest BCUT2D eigenvalue weighted by atomic mass is 10.0. The predicted octanol–water partition coefficient (Wildman–Crippen LogP) is 2.84. The average Bonchev–Trinajstić information content (AvgIpc) is 2.41. The minimum atomic E-state index is -4.37. The number of β-amino-alcohol motifs (C(OH)–C–C–N with tert-alkyl or cyclic N) is 1. The first kappa shape index (κ1) is 16.9.